The number of nitrogens with one attached hydrogen (secondary N) is 1. The van der Waals surface area contributed by atoms with Crippen LogP contribution in [-0.4, -0.2) is 24.6 Å². The predicted molar refractivity (Wildman–Crippen MR) is 74.1 cm³/mol. The molecule has 0 bridgehead atoms. The number of hydrogen-bond acceptors (Lipinski definition) is 4. The van der Waals surface area contributed by atoms with Crippen molar-refractivity contribution >= 4 is 0 Å². The molecule has 7 heteroatoms. The SMILES string of the molecule is Cn1ccnc1-c1nc(O)c(-c2ccc(F)cc2)c(=O)[nH]1. The lowest BCUT2D eigenvalue weighted by atomic mass is 10.1. The van der Waals surface area contributed by atoms with E-state index in [4.69, 9.17) is 0 Å². The molecule has 21 heavy (non-hydrogen) atoms. The Hall–Kier alpha value is -2.96. The number of aromatic hydroxyl groups is 1. The lowest BCUT2D eigenvalue weighted by Crippen LogP contribution is -2.13. The summed E-state index contributed by atoms with van der Waals surface area (Å²) in [5.41, 5.74) is -0.144. The monoisotopic (exact) mass is 286 g/mol. The lowest BCUT2D eigenvalue weighted by molar-refractivity contribution is 0.454. The van der Waals surface area contributed by atoms with Crippen LogP contribution < -0.4 is 5.56 Å². The van der Waals surface area contributed by atoms with Gasteiger partial charge in [0.2, 0.25) is 5.88 Å². The zero-order valence-corrected chi connectivity index (χ0v) is 11.0. The minimum Gasteiger partial charge on any atom is -0.493 e. The molecule has 2 aromatic heterocycles. The molecule has 0 unspecified atom stereocenters. The van der Waals surface area contributed by atoms with Crippen molar-refractivity contribution < 1.29 is 9.50 Å². The summed E-state index contributed by atoms with van der Waals surface area (Å²) in [5, 5.41) is 10.0. The maximum atomic E-state index is 12.9. The number of rotatable bonds is 2. The van der Waals surface area contributed by atoms with Gasteiger partial charge in [-0.15, -0.1) is 0 Å². The molecule has 0 radical (unpaired) electrons. The van der Waals surface area contributed by atoms with Gasteiger partial charge in [-0.3, -0.25) is 4.79 Å². The molecule has 0 atom stereocenters. The Kier molecular flexibility index (Phi) is 3.02. The fraction of sp³-hybridized carbons (Fsp3) is 0.0714. The summed E-state index contributed by atoms with van der Waals surface area (Å²) in [5.74, 6) is -0.264. The van der Waals surface area contributed by atoms with Crippen LogP contribution in [0.25, 0.3) is 22.8 Å². The van der Waals surface area contributed by atoms with E-state index in [2.05, 4.69) is 15.0 Å². The number of benzene rings is 1. The third-order valence-corrected chi connectivity index (χ3v) is 3.07. The summed E-state index contributed by atoms with van der Waals surface area (Å²) in [4.78, 5) is 22.7. The Morgan fingerprint density at radius 1 is 1.29 bits per heavy atom. The minimum atomic E-state index is -0.521. The Morgan fingerprint density at radius 3 is 2.57 bits per heavy atom. The summed E-state index contributed by atoms with van der Waals surface area (Å²) in [6, 6.07) is 5.23. The van der Waals surface area contributed by atoms with Crippen molar-refractivity contribution in [3.05, 3.63) is 52.8 Å². The first-order valence-corrected chi connectivity index (χ1v) is 6.13. The van der Waals surface area contributed by atoms with Gasteiger partial charge >= 0.3 is 0 Å². The molecule has 3 aromatic rings. The molecule has 0 spiro atoms. The van der Waals surface area contributed by atoms with E-state index < -0.39 is 17.3 Å². The molecule has 0 aliphatic carbocycles. The number of aryl methyl sites for hydroxylation is 1. The Labute approximate surface area is 118 Å². The first-order valence-electron chi connectivity index (χ1n) is 6.13. The van der Waals surface area contributed by atoms with Crippen LogP contribution in [-0.2, 0) is 7.05 Å². The molecule has 0 amide bonds. The Balaban J connectivity index is 2.15. The third-order valence-electron chi connectivity index (χ3n) is 3.07. The van der Waals surface area contributed by atoms with Crippen molar-refractivity contribution in [1.29, 1.82) is 0 Å². The van der Waals surface area contributed by atoms with Crippen LogP contribution in [0.3, 0.4) is 0 Å². The number of hydrogen-bond donors (Lipinski definition) is 2. The molecule has 106 valence electrons. The molecular weight excluding hydrogens is 275 g/mol. The van der Waals surface area contributed by atoms with Crippen molar-refractivity contribution in [2.45, 2.75) is 0 Å². The fourth-order valence-electron chi connectivity index (χ4n) is 2.04. The highest BCUT2D eigenvalue weighted by molar-refractivity contribution is 5.68. The number of nitrogens with zero attached hydrogens (tertiary/aromatic N) is 3. The smallest absolute Gasteiger partial charge is 0.263 e. The van der Waals surface area contributed by atoms with E-state index in [1.807, 2.05) is 0 Å². The van der Waals surface area contributed by atoms with E-state index in [9.17, 15) is 14.3 Å². The molecule has 0 aliphatic rings. The van der Waals surface area contributed by atoms with Gasteiger partial charge in [0.05, 0.1) is 0 Å². The Morgan fingerprint density at radius 2 is 2.00 bits per heavy atom. The van der Waals surface area contributed by atoms with Gasteiger partial charge in [0.25, 0.3) is 5.56 Å². The molecule has 0 saturated carbocycles. The fourth-order valence-corrected chi connectivity index (χ4v) is 2.04. The van der Waals surface area contributed by atoms with Crippen molar-refractivity contribution in [3.63, 3.8) is 0 Å². The van der Waals surface area contributed by atoms with Crippen molar-refractivity contribution in [2.75, 3.05) is 0 Å². The number of aromatic nitrogens is 4. The largest absolute Gasteiger partial charge is 0.493 e. The second-order valence-corrected chi connectivity index (χ2v) is 4.48. The van der Waals surface area contributed by atoms with E-state index in [1.165, 1.54) is 24.3 Å². The highest BCUT2D eigenvalue weighted by Crippen LogP contribution is 2.25. The third kappa shape index (κ3) is 2.29. The predicted octanol–water partition coefficient (Wildman–Crippen LogP) is 1.68. The summed E-state index contributed by atoms with van der Waals surface area (Å²) in [7, 11) is 1.74. The second kappa shape index (κ2) is 4.86. The van der Waals surface area contributed by atoms with Crippen LogP contribution in [0.1, 0.15) is 0 Å². The van der Waals surface area contributed by atoms with E-state index in [0.29, 0.717) is 11.4 Å². The van der Waals surface area contributed by atoms with Crippen molar-refractivity contribution in [2.24, 2.45) is 7.05 Å². The van der Waals surface area contributed by atoms with E-state index in [1.54, 1.807) is 24.0 Å². The molecule has 1 aromatic carbocycles. The average Bonchev–Trinajstić information content (AvgIpc) is 2.86. The van der Waals surface area contributed by atoms with Gasteiger partial charge in [-0.2, -0.15) is 4.98 Å². The molecule has 2 heterocycles. The molecule has 3 rings (SSSR count). The normalized spacial score (nSPS) is 10.8. The van der Waals surface area contributed by atoms with Crippen LogP contribution in [0.15, 0.2) is 41.5 Å². The molecule has 0 fully saturated rings. The van der Waals surface area contributed by atoms with Crippen molar-refractivity contribution in [3.8, 4) is 28.7 Å². The molecule has 0 aliphatic heterocycles. The highest BCUT2D eigenvalue weighted by Gasteiger charge is 2.15. The zero-order valence-electron chi connectivity index (χ0n) is 11.0. The van der Waals surface area contributed by atoms with Gasteiger partial charge in [-0.25, -0.2) is 9.37 Å². The number of aromatic amines is 1. The molecule has 6 nitrogen and oxygen atoms in total. The van der Waals surface area contributed by atoms with Crippen LogP contribution >= 0.6 is 0 Å². The van der Waals surface area contributed by atoms with Gasteiger partial charge in [-0.1, -0.05) is 12.1 Å². The quantitative estimate of drug-likeness (QED) is 0.750. The van der Waals surface area contributed by atoms with Gasteiger partial charge in [0, 0.05) is 19.4 Å². The van der Waals surface area contributed by atoms with Crippen LogP contribution in [0, 0.1) is 5.82 Å². The average molecular weight is 286 g/mol. The standard InChI is InChI=1S/C14H11FN4O2/c1-19-7-6-16-12(19)11-17-13(20)10(14(21)18-11)8-2-4-9(15)5-3-8/h2-7H,1H3,(H2,17,18,20,21). The van der Waals surface area contributed by atoms with Gasteiger partial charge < -0.3 is 14.7 Å². The minimum absolute atomic E-state index is 0.00652. The van der Waals surface area contributed by atoms with E-state index in [0.717, 1.165) is 0 Å². The number of H-pyrrole nitrogens is 1. The van der Waals surface area contributed by atoms with Crippen LogP contribution in [0.5, 0.6) is 5.88 Å². The van der Waals surface area contributed by atoms with Crippen LogP contribution in [0.4, 0.5) is 4.39 Å². The Bertz CT molecular complexity index is 852. The van der Waals surface area contributed by atoms with Gasteiger partial charge in [-0.05, 0) is 17.7 Å². The van der Waals surface area contributed by atoms with E-state index in [-0.39, 0.29) is 11.4 Å². The topological polar surface area (TPSA) is 83.8 Å². The number of imidazole rings is 1. The number of halogens is 1. The second-order valence-electron chi connectivity index (χ2n) is 4.48. The maximum absolute atomic E-state index is 12.9. The summed E-state index contributed by atoms with van der Waals surface area (Å²) in [6.45, 7) is 0. The van der Waals surface area contributed by atoms with E-state index >= 15 is 0 Å². The summed E-state index contributed by atoms with van der Waals surface area (Å²) in [6.07, 6.45) is 3.25. The molecule has 0 saturated heterocycles. The highest BCUT2D eigenvalue weighted by atomic mass is 19.1. The summed E-state index contributed by atoms with van der Waals surface area (Å²) < 4.78 is 14.6. The first-order chi connectivity index (χ1) is 10.1. The van der Waals surface area contributed by atoms with Crippen molar-refractivity contribution in [1.82, 2.24) is 19.5 Å². The zero-order chi connectivity index (χ0) is 15.0. The summed E-state index contributed by atoms with van der Waals surface area (Å²) >= 11 is 0. The van der Waals surface area contributed by atoms with Gasteiger partial charge in [0.1, 0.15) is 11.4 Å². The van der Waals surface area contributed by atoms with Crippen LogP contribution in [0.2, 0.25) is 0 Å². The maximum Gasteiger partial charge on any atom is 0.263 e. The first kappa shape index (κ1) is 13.0. The lowest BCUT2D eigenvalue weighted by Gasteiger charge is -2.06. The molecular formula is C14H11FN4O2. The molecule has 2 N–H and O–H groups in total. The van der Waals surface area contributed by atoms with Gasteiger partial charge in [0.15, 0.2) is 11.6 Å².